The summed E-state index contributed by atoms with van der Waals surface area (Å²) >= 11 is 0. The average molecular weight is 502 g/mol. The highest BCUT2D eigenvalue weighted by atomic mass is 16.7. The Hall–Kier alpha value is -2.02. The van der Waals surface area contributed by atoms with Crippen molar-refractivity contribution in [2.45, 2.75) is 97.9 Å². The minimum Gasteiger partial charge on any atom is -0.443 e. The first-order chi connectivity index (χ1) is 16.6. The molecule has 1 N–H and O–H groups in total. The Morgan fingerprint density at radius 2 is 1.81 bits per heavy atom. The van der Waals surface area contributed by atoms with Crippen LogP contribution in [0.3, 0.4) is 0 Å². The number of aliphatic hydroxyl groups is 1. The van der Waals surface area contributed by atoms with Crippen molar-refractivity contribution in [1.82, 2.24) is 4.90 Å². The summed E-state index contributed by atoms with van der Waals surface area (Å²) < 4.78 is 16.7. The molecule has 36 heavy (non-hydrogen) atoms. The van der Waals surface area contributed by atoms with Crippen LogP contribution in [-0.4, -0.2) is 52.7 Å². The third-order valence-electron chi connectivity index (χ3n) is 9.42. The molecule has 4 aliphatic carbocycles. The summed E-state index contributed by atoms with van der Waals surface area (Å²) in [4.78, 5) is 27.6. The van der Waals surface area contributed by atoms with E-state index in [2.05, 4.69) is 25.2 Å². The van der Waals surface area contributed by atoms with Crippen LogP contribution in [0, 0.1) is 34.0 Å². The topological polar surface area (TPSA) is 85.3 Å². The lowest BCUT2D eigenvalue weighted by Crippen LogP contribution is -2.54. The molecule has 1 saturated heterocycles. The predicted molar refractivity (Wildman–Crippen MR) is 135 cm³/mol. The molecule has 2 saturated carbocycles. The normalized spacial score (nSPS) is 40.4. The van der Waals surface area contributed by atoms with Gasteiger partial charge in [0.15, 0.2) is 0 Å². The van der Waals surface area contributed by atoms with E-state index in [0.29, 0.717) is 13.0 Å². The SMILES string of the molecule is CC(C)(C)OC(=O)OCC[C@]12C=C3[C@@H]4[C@@](C)(CCC[C@]45C(O)[C@H]1C=CC[C@H]25)CN3C(=O)OC(C)(C)C. The van der Waals surface area contributed by atoms with Crippen molar-refractivity contribution in [2.75, 3.05) is 13.2 Å². The number of likely N-dealkylation sites (tertiary alicyclic amines) is 1. The standard InChI is InChI=1S/C29H43NO6/c1-25(2,3)35-23(32)30-17-27(7)12-9-13-29-20-11-8-10-18(22(29)31)28(20,16-19(30)21(27)29)14-15-34-24(33)36-26(4,5)6/h8,10,16,18,20-22,31H,9,11-15,17H2,1-7H3/t18-,20-,21-,22?,27+,28+,29-/m1/s1. The van der Waals surface area contributed by atoms with Crippen LogP contribution in [0.25, 0.3) is 0 Å². The van der Waals surface area contributed by atoms with E-state index in [9.17, 15) is 14.7 Å². The molecule has 0 aromatic carbocycles. The van der Waals surface area contributed by atoms with Gasteiger partial charge in [0.2, 0.25) is 0 Å². The van der Waals surface area contributed by atoms with Gasteiger partial charge in [0.05, 0.1) is 12.7 Å². The van der Waals surface area contributed by atoms with Gasteiger partial charge >= 0.3 is 12.2 Å². The quantitative estimate of drug-likeness (QED) is 0.387. The lowest BCUT2D eigenvalue weighted by Gasteiger charge is -2.56. The van der Waals surface area contributed by atoms with Crippen molar-refractivity contribution in [2.24, 2.45) is 34.0 Å². The summed E-state index contributed by atoms with van der Waals surface area (Å²) in [5.74, 6) is 0.277. The van der Waals surface area contributed by atoms with Gasteiger partial charge in [-0.3, -0.25) is 4.90 Å². The highest BCUT2D eigenvalue weighted by Gasteiger charge is 2.76. The van der Waals surface area contributed by atoms with Crippen LogP contribution in [0.1, 0.15) is 80.6 Å². The number of carbonyl (C=O) groups is 2. The van der Waals surface area contributed by atoms with Gasteiger partial charge < -0.3 is 19.3 Å². The van der Waals surface area contributed by atoms with Gasteiger partial charge in [-0.05, 0) is 78.6 Å². The summed E-state index contributed by atoms with van der Waals surface area (Å²) in [7, 11) is 0. The van der Waals surface area contributed by atoms with Crippen LogP contribution in [-0.2, 0) is 14.2 Å². The van der Waals surface area contributed by atoms with E-state index in [0.717, 1.165) is 31.4 Å². The van der Waals surface area contributed by atoms with Crippen LogP contribution < -0.4 is 0 Å². The third kappa shape index (κ3) is 3.71. The molecule has 4 bridgehead atoms. The summed E-state index contributed by atoms with van der Waals surface area (Å²) in [5.41, 5.74) is -0.976. The first kappa shape index (κ1) is 25.6. The molecular formula is C29H43NO6. The second kappa shape index (κ2) is 7.99. The lowest BCUT2D eigenvalue weighted by molar-refractivity contribution is -0.0920. The first-order valence-electron chi connectivity index (χ1n) is 13.6. The van der Waals surface area contributed by atoms with Gasteiger partial charge in [0, 0.05) is 34.9 Å². The van der Waals surface area contributed by atoms with E-state index < -0.39 is 23.5 Å². The Bertz CT molecular complexity index is 1000. The number of ether oxygens (including phenoxy) is 3. The molecule has 5 aliphatic rings. The van der Waals surface area contributed by atoms with Crippen molar-refractivity contribution in [3.8, 4) is 0 Å². The Kier molecular flexibility index (Phi) is 5.69. The van der Waals surface area contributed by atoms with Gasteiger partial charge in [-0.2, -0.15) is 0 Å². The van der Waals surface area contributed by atoms with E-state index in [1.54, 1.807) is 0 Å². The van der Waals surface area contributed by atoms with Gasteiger partial charge in [-0.15, -0.1) is 0 Å². The molecule has 1 spiro atoms. The molecule has 1 amide bonds. The maximum absolute atomic E-state index is 13.4. The highest BCUT2D eigenvalue weighted by molar-refractivity contribution is 5.72. The molecule has 7 nitrogen and oxygen atoms in total. The summed E-state index contributed by atoms with van der Waals surface area (Å²) in [6.45, 7) is 14.2. The summed E-state index contributed by atoms with van der Waals surface area (Å²) in [6, 6.07) is 0. The van der Waals surface area contributed by atoms with Crippen molar-refractivity contribution in [3.05, 3.63) is 23.9 Å². The number of rotatable bonds is 3. The van der Waals surface area contributed by atoms with E-state index in [1.807, 2.05) is 46.4 Å². The monoisotopic (exact) mass is 501 g/mol. The zero-order valence-corrected chi connectivity index (χ0v) is 22.9. The molecule has 1 aliphatic heterocycles. The van der Waals surface area contributed by atoms with E-state index in [4.69, 9.17) is 14.2 Å². The first-order valence-corrected chi connectivity index (χ1v) is 13.6. The second-order valence-electron chi connectivity index (χ2n) is 14.1. The Balaban J connectivity index is 1.53. The van der Waals surface area contributed by atoms with Crippen LogP contribution in [0.2, 0.25) is 0 Å². The zero-order chi connectivity index (χ0) is 26.3. The van der Waals surface area contributed by atoms with E-state index in [-0.39, 0.29) is 46.7 Å². The summed E-state index contributed by atoms with van der Waals surface area (Å²) in [5, 5.41) is 12.0. The van der Waals surface area contributed by atoms with Crippen molar-refractivity contribution >= 4 is 12.2 Å². The van der Waals surface area contributed by atoms with E-state index >= 15 is 0 Å². The Labute approximate surface area is 215 Å². The molecule has 200 valence electrons. The van der Waals surface area contributed by atoms with Crippen LogP contribution in [0.5, 0.6) is 0 Å². The molecule has 0 radical (unpaired) electrons. The van der Waals surface area contributed by atoms with Crippen LogP contribution in [0.4, 0.5) is 9.59 Å². The minimum absolute atomic E-state index is 0.0700. The fourth-order valence-electron chi connectivity index (χ4n) is 8.62. The lowest BCUT2D eigenvalue weighted by atomic mass is 9.47. The largest absolute Gasteiger partial charge is 0.508 e. The van der Waals surface area contributed by atoms with Crippen molar-refractivity contribution in [1.29, 1.82) is 0 Å². The van der Waals surface area contributed by atoms with Gasteiger partial charge in [0.1, 0.15) is 11.2 Å². The average Bonchev–Trinajstić information content (AvgIpc) is 3.01. The molecule has 1 unspecified atom stereocenters. The predicted octanol–water partition coefficient (Wildman–Crippen LogP) is 5.82. The fourth-order valence-corrected chi connectivity index (χ4v) is 8.62. The Morgan fingerprint density at radius 1 is 1.11 bits per heavy atom. The number of hydrogen-bond donors (Lipinski definition) is 1. The van der Waals surface area contributed by atoms with Crippen molar-refractivity contribution < 1.29 is 28.9 Å². The number of allylic oxidation sites excluding steroid dienone is 3. The van der Waals surface area contributed by atoms with Gasteiger partial charge in [0.25, 0.3) is 0 Å². The Morgan fingerprint density at radius 3 is 2.47 bits per heavy atom. The second-order valence-corrected chi connectivity index (χ2v) is 14.1. The number of amides is 1. The maximum atomic E-state index is 13.4. The molecule has 1 heterocycles. The zero-order valence-electron chi connectivity index (χ0n) is 22.9. The number of hydrogen-bond acceptors (Lipinski definition) is 6. The highest BCUT2D eigenvalue weighted by Crippen LogP contribution is 2.77. The fraction of sp³-hybridized carbons (Fsp3) is 0.793. The number of carbonyl (C=O) groups excluding carboxylic acids is 2. The molecule has 3 fully saturated rings. The summed E-state index contributed by atoms with van der Waals surface area (Å²) in [6.07, 6.45) is 9.69. The smallest absolute Gasteiger partial charge is 0.443 e. The number of aliphatic hydroxyl groups excluding tert-OH is 1. The van der Waals surface area contributed by atoms with Gasteiger partial charge in [-0.1, -0.05) is 31.6 Å². The van der Waals surface area contributed by atoms with Crippen LogP contribution in [0.15, 0.2) is 23.9 Å². The van der Waals surface area contributed by atoms with E-state index in [1.165, 1.54) is 0 Å². The van der Waals surface area contributed by atoms with Crippen LogP contribution >= 0.6 is 0 Å². The molecule has 0 aromatic heterocycles. The minimum atomic E-state index is -0.671. The van der Waals surface area contributed by atoms with Gasteiger partial charge in [-0.25, -0.2) is 9.59 Å². The third-order valence-corrected chi connectivity index (χ3v) is 9.42. The molecular weight excluding hydrogens is 458 g/mol. The molecule has 7 heteroatoms. The molecule has 5 rings (SSSR count). The molecule has 7 atom stereocenters. The maximum Gasteiger partial charge on any atom is 0.508 e. The number of nitrogens with zero attached hydrogens (tertiary/aromatic N) is 1. The van der Waals surface area contributed by atoms with Crippen molar-refractivity contribution in [3.63, 3.8) is 0 Å². The molecule has 0 aromatic rings.